The molecule has 3 heterocycles. The Kier molecular flexibility index (Phi) is 4.13. The van der Waals surface area contributed by atoms with Gasteiger partial charge in [0, 0.05) is 43.3 Å². The molecule has 2 aromatic rings. The van der Waals surface area contributed by atoms with Gasteiger partial charge in [-0.05, 0) is 31.0 Å². The first kappa shape index (κ1) is 14.2. The van der Waals surface area contributed by atoms with Crippen LogP contribution in [0, 0.1) is 0 Å². The molecule has 0 radical (unpaired) electrons. The predicted octanol–water partition coefficient (Wildman–Crippen LogP) is 1.87. The molecular formula is C15H18N6O. The van der Waals surface area contributed by atoms with Gasteiger partial charge in [-0.2, -0.15) is 0 Å². The van der Waals surface area contributed by atoms with Gasteiger partial charge in [-0.1, -0.05) is 0 Å². The van der Waals surface area contributed by atoms with Crippen LogP contribution in [0.2, 0.25) is 0 Å². The van der Waals surface area contributed by atoms with E-state index in [2.05, 4.69) is 20.3 Å². The highest BCUT2D eigenvalue weighted by molar-refractivity contribution is 5.89. The SMILES string of the molecule is Nc1nccc([C@H]2CCCN(C(=O)Nc3ccncc3)C2)n1. The van der Waals surface area contributed by atoms with Gasteiger partial charge >= 0.3 is 6.03 Å². The van der Waals surface area contributed by atoms with Crippen LogP contribution in [0.3, 0.4) is 0 Å². The third kappa shape index (κ3) is 3.30. The average molecular weight is 298 g/mol. The molecule has 3 N–H and O–H groups in total. The molecule has 114 valence electrons. The van der Waals surface area contributed by atoms with Crippen LogP contribution in [0.4, 0.5) is 16.4 Å². The van der Waals surface area contributed by atoms with Crippen molar-refractivity contribution in [2.75, 3.05) is 24.1 Å². The fourth-order valence-corrected chi connectivity index (χ4v) is 2.66. The van der Waals surface area contributed by atoms with Crippen LogP contribution >= 0.6 is 0 Å². The fourth-order valence-electron chi connectivity index (χ4n) is 2.66. The summed E-state index contributed by atoms with van der Waals surface area (Å²) in [4.78, 5) is 26.3. The van der Waals surface area contributed by atoms with E-state index in [4.69, 9.17) is 5.73 Å². The van der Waals surface area contributed by atoms with Crippen LogP contribution in [0.5, 0.6) is 0 Å². The van der Waals surface area contributed by atoms with Crippen LogP contribution < -0.4 is 11.1 Å². The Hall–Kier alpha value is -2.70. The van der Waals surface area contributed by atoms with Gasteiger partial charge in [0.2, 0.25) is 5.95 Å². The van der Waals surface area contributed by atoms with E-state index in [9.17, 15) is 4.79 Å². The molecule has 1 aliphatic heterocycles. The van der Waals surface area contributed by atoms with Gasteiger partial charge in [0.25, 0.3) is 0 Å². The summed E-state index contributed by atoms with van der Waals surface area (Å²) in [6, 6.07) is 5.30. The zero-order valence-corrected chi connectivity index (χ0v) is 12.1. The van der Waals surface area contributed by atoms with Crippen molar-refractivity contribution in [2.45, 2.75) is 18.8 Å². The van der Waals surface area contributed by atoms with E-state index in [0.717, 1.165) is 30.8 Å². The molecule has 7 nitrogen and oxygen atoms in total. The number of aromatic nitrogens is 3. The van der Waals surface area contributed by atoms with Crippen molar-refractivity contribution in [3.8, 4) is 0 Å². The lowest BCUT2D eigenvalue weighted by Gasteiger charge is -2.32. The zero-order valence-electron chi connectivity index (χ0n) is 12.1. The number of hydrogen-bond acceptors (Lipinski definition) is 5. The molecular weight excluding hydrogens is 280 g/mol. The summed E-state index contributed by atoms with van der Waals surface area (Å²) in [6.07, 6.45) is 6.90. The maximum atomic E-state index is 12.3. The normalized spacial score (nSPS) is 18.0. The van der Waals surface area contributed by atoms with Crippen molar-refractivity contribution < 1.29 is 4.79 Å². The Balaban J connectivity index is 1.66. The number of pyridine rings is 1. The second-order valence-electron chi connectivity index (χ2n) is 5.29. The number of amides is 2. The number of urea groups is 1. The third-order valence-corrected chi connectivity index (χ3v) is 3.75. The fraction of sp³-hybridized carbons (Fsp3) is 0.333. The summed E-state index contributed by atoms with van der Waals surface area (Å²) in [7, 11) is 0. The van der Waals surface area contributed by atoms with Crippen molar-refractivity contribution in [1.29, 1.82) is 0 Å². The number of rotatable bonds is 2. The number of carbonyl (C=O) groups excluding carboxylic acids is 1. The quantitative estimate of drug-likeness (QED) is 0.882. The number of hydrogen-bond donors (Lipinski definition) is 2. The molecule has 0 spiro atoms. The highest BCUT2D eigenvalue weighted by atomic mass is 16.2. The summed E-state index contributed by atoms with van der Waals surface area (Å²) >= 11 is 0. The summed E-state index contributed by atoms with van der Waals surface area (Å²) in [6.45, 7) is 1.38. The maximum Gasteiger partial charge on any atom is 0.321 e. The van der Waals surface area contributed by atoms with Gasteiger partial charge in [0.05, 0.1) is 5.69 Å². The minimum atomic E-state index is -0.0991. The lowest BCUT2D eigenvalue weighted by Crippen LogP contribution is -2.41. The molecule has 0 aromatic carbocycles. The van der Waals surface area contributed by atoms with Gasteiger partial charge in [-0.15, -0.1) is 0 Å². The molecule has 0 unspecified atom stereocenters. The van der Waals surface area contributed by atoms with E-state index in [1.807, 2.05) is 11.0 Å². The van der Waals surface area contributed by atoms with Crippen molar-refractivity contribution in [2.24, 2.45) is 0 Å². The lowest BCUT2D eigenvalue weighted by molar-refractivity contribution is 0.192. The van der Waals surface area contributed by atoms with Gasteiger partial charge in [0.1, 0.15) is 0 Å². The highest BCUT2D eigenvalue weighted by Crippen LogP contribution is 2.26. The first-order valence-electron chi connectivity index (χ1n) is 7.27. The number of nitrogens with zero attached hydrogens (tertiary/aromatic N) is 4. The minimum absolute atomic E-state index is 0.0991. The van der Waals surface area contributed by atoms with Crippen LogP contribution in [0.1, 0.15) is 24.5 Å². The van der Waals surface area contributed by atoms with Gasteiger partial charge < -0.3 is 16.0 Å². The Morgan fingerprint density at radius 3 is 2.86 bits per heavy atom. The van der Waals surface area contributed by atoms with Crippen LogP contribution in [-0.2, 0) is 0 Å². The Morgan fingerprint density at radius 1 is 1.27 bits per heavy atom. The number of carbonyl (C=O) groups is 1. The number of likely N-dealkylation sites (tertiary alicyclic amines) is 1. The third-order valence-electron chi connectivity index (χ3n) is 3.75. The lowest BCUT2D eigenvalue weighted by atomic mass is 9.95. The molecule has 2 amide bonds. The summed E-state index contributed by atoms with van der Waals surface area (Å²) < 4.78 is 0. The van der Waals surface area contributed by atoms with E-state index >= 15 is 0 Å². The van der Waals surface area contributed by atoms with Crippen molar-refractivity contribution in [3.63, 3.8) is 0 Å². The van der Waals surface area contributed by atoms with E-state index in [1.54, 1.807) is 30.7 Å². The Bertz CT molecular complexity index is 647. The molecule has 1 atom stereocenters. The standard InChI is InChI=1S/C15H18N6O/c16-14-18-8-5-13(20-14)11-2-1-9-21(10-11)15(22)19-12-3-6-17-7-4-12/h3-8,11H,1-2,9-10H2,(H2,16,18,20)(H,17,19,22)/t11-/m0/s1. The monoisotopic (exact) mass is 298 g/mol. The highest BCUT2D eigenvalue weighted by Gasteiger charge is 2.25. The van der Waals surface area contributed by atoms with Crippen LogP contribution in [0.25, 0.3) is 0 Å². The number of piperidine rings is 1. The minimum Gasteiger partial charge on any atom is -0.368 e. The summed E-state index contributed by atoms with van der Waals surface area (Å²) in [5.41, 5.74) is 7.28. The van der Waals surface area contributed by atoms with Crippen molar-refractivity contribution in [1.82, 2.24) is 19.9 Å². The van der Waals surface area contributed by atoms with Crippen molar-refractivity contribution in [3.05, 3.63) is 42.5 Å². The first-order chi connectivity index (χ1) is 10.7. The molecule has 7 heteroatoms. The molecule has 1 aliphatic rings. The smallest absolute Gasteiger partial charge is 0.321 e. The van der Waals surface area contributed by atoms with E-state index in [1.165, 1.54) is 0 Å². The predicted molar refractivity (Wildman–Crippen MR) is 83.2 cm³/mol. The number of nitrogens with two attached hydrogens (primary N) is 1. The van der Waals surface area contributed by atoms with E-state index < -0.39 is 0 Å². The second-order valence-corrected chi connectivity index (χ2v) is 5.29. The summed E-state index contributed by atoms with van der Waals surface area (Å²) in [5, 5.41) is 2.88. The van der Waals surface area contributed by atoms with Gasteiger partial charge in [0.15, 0.2) is 0 Å². The molecule has 0 saturated carbocycles. The maximum absolute atomic E-state index is 12.3. The number of nitrogens with one attached hydrogen (secondary N) is 1. The number of anilines is 2. The second kappa shape index (κ2) is 6.38. The molecule has 3 rings (SSSR count). The van der Waals surface area contributed by atoms with Crippen LogP contribution in [0.15, 0.2) is 36.8 Å². The molecule has 2 aromatic heterocycles. The van der Waals surface area contributed by atoms with Gasteiger partial charge in [-0.25, -0.2) is 14.8 Å². The van der Waals surface area contributed by atoms with Gasteiger partial charge in [-0.3, -0.25) is 4.98 Å². The van der Waals surface area contributed by atoms with Crippen LogP contribution in [-0.4, -0.2) is 39.0 Å². The first-order valence-corrected chi connectivity index (χ1v) is 7.27. The average Bonchev–Trinajstić information content (AvgIpc) is 2.56. The Morgan fingerprint density at radius 2 is 2.09 bits per heavy atom. The number of nitrogen functional groups attached to an aromatic ring is 1. The molecule has 1 fully saturated rings. The Labute approximate surface area is 128 Å². The van der Waals surface area contributed by atoms with Crippen molar-refractivity contribution >= 4 is 17.7 Å². The topological polar surface area (TPSA) is 97.0 Å². The molecule has 0 aliphatic carbocycles. The molecule has 22 heavy (non-hydrogen) atoms. The molecule has 0 bridgehead atoms. The largest absolute Gasteiger partial charge is 0.368 e. The summed E-state index contributed by atoms with van der Waals surface area (Å²) in [5.74, 6) is 0.470. The zero-order chi connectivity index (χ0) is 15.4. The van der Waals surface area contributed by atoms with E-state index in [0.29, 0.717) is 6.54 Å². The molecule has 1 saturated heterocycles. The van der Waals surface area contributed by atoms with E-state index in [-0.39, 0.29) is 17.9 Å².